The van der Waals surface area contributed by atoms with Gasteiger partial charge in [-0.1, -0.05) is 24.3 Å². The first-order chi connectivity index (χ1) is 16.0. The summed E-state index contributed by atoms with van der Waals surface area (Å²) in [6.07, 6.45) is 3.13. The molecule has 3 aromatic carbocycles. The number of ether oxygens (including phenoxy) is 2. The molecule has 1 heterocycles. The number of rotatable bonds is 8. The van der Waals surface area contributed by atoms with Gasteiger partial charge in [0.25, 0.3) is 5.91 Å². The van der Waals surface area contributed by atoms with E-state index in [1.165, 1.54) is 18.7 Å². The Bertz CT molecular complexity index is 1370. The molecule has 3 N–H and O–H groups in total. The number of hydrogen-bond donors (Lipinski definition) is 2. The van der Waals surface area contributed by atoms with Crippen molar-refractivity contribution in [3.05, 3.63) is 72.3 Å². The molecule has 1 aromatic heterocycles. The van der Waals surface area contributed by atoms with Crippen molar-refractivity contribution in [1.29, 1.82) is 0 Å². The fourth-order valence-electron chi connectivity index (χ4n) is 3.88. The number of para-hydroxylation sites is 1. The maximum atomic E-state index is 12.5. The highest BCUT2D eigenvalue weighted by Gasteiger charge is 2.10. The lowest BCUT2D eigenvalue weighted by atomic mass is 10.1. The van der Waals surface area contributed by atoms with Gasteiger partial charge in [-0.3, -0.25) is 9.59 Å². The van der Waals surface area contributed by atoms with Crippen molar-refractivity contribution in [2.75, 3.05) is 19.0 Å². The number of aromatic nitrogens is 1. The van der Waals surface area contributed by atoms with Crippen LogP contribution in [0.5, 0.6) is 11.5 Å². The van der Waals surface area contributed by atoms with Crippen LogP contribution in [0.15, 0.2) is 66.7 Å². The summed E-state index contributed by atoms with van der Waals surface area (Å²) in [5.41, 5.74) is 8.90. The molecule has 4 aromatic rings. The third kappa shape index (κ3) is 4.67. The zero-order valence-corrected chi connectivity index (χ0v) is 18.5. The molecule has 0 aliphatic rings. The van der Waals surface area contributed by atoms with E-state index in [1.54, 1.807) is 24.3 Å². The summed E-state index contributed by atoms with van der Waals surface area (Å²) in [6, 6.07) is 19.3. The number of benzene rings is 3. The van der Waals surface area contributed by atoms with Gasteiger partial charge in [0.15, 0.2) is 18.1 Å². The van der Waals surface area contributed by atoms with Gasteiger partial charge in [0.2, 0.25) is 5.91 Å². The van der Waals surface area contributed by atoms with Crippen molar-refractivity contribution >= 4 is 45.4 Å². The van der Waals surface area contributed by atoms with Crippen molar-refractivity contribution in [3.63, 3.8) is 0 Å². The Balaban J connectivity index is 1.52. The SMILES string of the molecule is CCn1c2ccccc2c2cc(NC(=O)C=Cc3ccc(OCC(N)=O)c(OC)c3)ccc21. The number of nitrogens with zero attached hydrogens (tertiary/aromatic N) is 1. The zero-order valence-electron chi connectivity index (χ0n) is 18.5. The van der Waals surface area contributed by atoms with Crippen molar-refractivity contribution in [3.8, 4) is 11.5 Å². The summed E-state index contributed by atoms with van der Waals surface area (Å²) in [7, 11) is 1.50. The molecule has 4 rings (SSSR count). The second-order valence-corrected chi connectivity index (χ2v) is 7.48. The number of anilines is 1. The van der Waals surface area contributed by atoms with E-state index in [1.807, 2.05) is 30.3 Å². The van der Waals surface area contributed by atoms with Gasteiger partial charge in [-0.2, -0.15) is 0 Å². The molecule has 0 aliphatic carbocycles. The van der Waals surface area contributed by atoms with Crippen LogP contribution in [-0.2, 0) is 16.1 Å². The molecule has 7 heteroatoms. The van der Waals surface area contributed by atoms with Crippen LogP contribution in [0.1, 0.15) is 12.5 Å². The monoisotopic (exact) mass is 443 g/mol. The lowest BCUT2D eigenvalue weighted by molar-refractivity contribution is -0.120. The molecule has 0 radical (unpaired) electrons. The number of aryl methyl sites for hydroxylation is 1. The van der Waals surface area contributed by atoms with E-state index >= 15 is 0 Å². The molecular weight excluding hydrogens is 418 g/mol. The number of methoxy groups -OCH3 is 1. The van der Waals surface area contributed by atoms with Crippen molar-refractivity contribution < 1.29 is 19.1 Å². The normalized spacial score (nSPS) is 11.2. The quantitative estimate of drug-likeness (QED) is 0.396. The predicted octanol–water partition coefficient (Wildman–Crippen LogP) is 4.34. The molecule has 168 valence electrons. The van der Waals surface area contributed by atoms with Crippen molar-refractivity contribution in [1.82, 2.24) is 4.57 Å². The third-order valence-electron chi connectivity index (χ3n) is 5.34. The molecule has 0 bridgehead atoms. The fraction of sp³-hybridized carbons (Fsp3) is 0.154. The molecule has 2 amide bonds. The van der Waals surface area contributed by atoms with Crippen LogP contribution >= 0.6 is 0 Å². The first kappa shape index (κ1) is 22.0. The number of fused-ring (bicyclic) bond motifs is 3. The number of nitrogens with one attached hydrogen (secondary N) is 1. The number of primary amides is 1. The van der Waals surface area contributed by atoms with Crippen LogP contribution < -0.4 is 20.5 Å². The van der Waals surface area contributed by atoms with Gasteiger partial charge >= 0.3 is 0 Å². The highest BCUT2D eigenvalue weighted by atomic mass is 16.5. The van der Waals surface area contributed by atoms with Gasteiger partial charge in [0.05, 0.1) is 7.11 Å². The number of carbonyl (C=O) groups excluding carboxylic acids is 2. The minimum absolute atomic E-state index is 0.241. The lowest BCUT2D eigenvalue weighted by Gasteiger charge is -2.10. The van der Waals surface area contributed by atoms with Crippen LogP contribution in [0.3, 0.4) is 0 Å². The zero-order chi connectivity index (χ0) is 23.4. The summed E-state index contributed by atoms with van der Waals surface area (Å²) >= 11 is 0. The van der Waals surface area contributed by atoms with Crippen LogP contribution in [0.4, 0.5) is 5.69 Å². The van der Waals surface area contributed by atoms with E-state index in [-0.39, 0.29) is 12.5 Å². The van der Waals surface area contributed by atoms with Crippen LogP contribution in [0, 0.1) is 0 Å². The van der Waals surface area contributed by atoms with Gasteiger partial charge in [0, 0.05) is 40.1 Å². The maximum Gasteiger partial charge on any atom is 0.255 e. The molecule has 0 atom stereocenters. The molecule has 0 saturated carbocycles. The molecule has 0 saturated heterocycles. The van der Waals surface area contributed by atoms with Crippen molar-refractivity contribution in [2.45, 2.75) is 13.5 Å². The second-order valence-electron chi connectivity index (χ2n) is 7.48. The average molecular weight is 444 g/mol. The molecule has 0 aliphatic heterocycles. The van der Waals surface area contributed by atoms with E-state index in [0.717, 1.165) is 34.1 Å². The van der Waals surface area contributed by atoms with Crippen LogP contribution in [-0.4, -0.2) is 30.1 Å². The van der Waals surface area contributed by atoms with Crippen LogP contribution in [0.25, 0.3) is 27.9 Å². The molecular formula is C26H25N3O4. The van der Waals surface area contributed by atoms with Gasteiger partial charge in [-0.15, -0.1) is 0 Å². The number of amides is 2. The first-order valence-corrected chi connectivity index (χ1v) is 10.6. The number of carbonyl (C=O) groups is 2. The largest absolute Gasteiger partial charge is 0.493 e. The fourth-order valence-corrected chi connectivity index (χ4v) is 3.88. The van der Waals surface area contributed by atoms with Crippen LogP contribution in [0.2, 0.25) is 0 Å². The van der Waals surface area contributed by atoms with E-state index in [2.05, 4.69) is 28.9 Å². The molecule has 0 fully saturated rings. The summed E-state index contributed by atoms with van der Waals surface area (Å²) in [5, 5.41) is 5.19. The minimum atomic E-state index is -0.574. The predicted molar refractivity (Wildman–Crippen MR) is 130 cm³/mol. The summed E-state index contributed by atoms with van der Waals surface area (Å²) in [6.45, 7) is 2.75. The van der Waals surface area contributed by atoms with Crippen molar-refractivity contribution in [2.24, 2.45) is 5.73 Å². The lowest BCUT2D eigenvalue weighted by Crippen LogP contribution is -2.20. The Kier molecular flexibility index (Phi) is 6.31. The molecule has 0 spiro atoms. The van der Waals surface area contributed by atoms with E-state index in [0.29, 0.717) is 11.5 Å². The Morgan fingerprint density at radius 2 is 1.79 bits per heavy atom. The smallest absolute Gasteiger partial charge is 0.255 e. The van der Waals surface area contributed by atoms with E-state index in [9.17, 15) is 9.59 Å². The summed E-state index contributed by atoms with van der Waals surface area (Å²) in [4.78, 5) is 23.5. The maximum absolute atomic E-state index is 12.5. The minimum Gasteiger partial charge on any atom is -0.493 e. The topological polar surface area (TPSA) is 95.6 Å². The highest BCUT2D eigenvalue weighted by molar-refractivity contribution is 6.10. The third-order valence-corrected chi connectivity index (χ3v) is 5.34. The molecule has 33 heavy (non-hydrogen) atoms. The number of nitrogens with two attached hydrogens (primary N) is 1. The number of hydrogen-bond acceptors (Lipinski definition) is 4. The molecule has 0 unspecified atom stereocenters. The Morgan fingerprint density at radius 1 is 1.00 bits per heavy atom. The standard InChI is InChI=1S/C26H25N3O4/c1-3-29-21-7-5-4-6-19(21)20-15-18(10-11-22(20)29)28-26(31)13-9-17-8-12-23(24(14-17)32-2)33-16-25(27)30/h4-15H,3,16H2,1-2H3,(H2,27,30)(H,28,31). The Morgan fingerprint density at radius 3 is 2.55 bits per heavy atom. The van der Waals surface area contributed by atoms with E-state index < -0.39 is 5.91 Å². The Hall–Kier alpha value is -4.26. The van der Waals surface area contributed by atoms with Gasteiger partial charge < -0.3 is 25.1 Å². The van der Waals surface area contributed by atoms with Gasteiger partial charge in [-0.05, 0) is 55.0 Å². The van der Waals surface area contributed by atoms with Gasteiger partial charge in [0.1, 0.15) is 0 Å². The van der Waals surface area contributed by atoms with E-state index in [4.69, 9.17) is 15.2 Å². The summed E-state index contributed by atoms with van der Waals surface area (Å²) < 4.78 is 12.9. The molecule has 7 nitrogen and oxygen atoms in total. The first-order valence-electron chi connectivity index (χ1n) is 10.6. The highest BCUT2D eigenvalue weighted by Crippen LogP contribution is 2.31. The van der Waals surface area contributed by atoms with Gasteiger partial charge in [-0.25, -0.2) is 0 Å². The Labute approximate surface area is 191 Å². The second kappa shape index (κ2) is 9.48. The average Bonchev–Trinajstić information content (AvgIpc) is 3.14. The summed E-state index contributed by atoms with van der Waals surface area (Å²) in [5.74, 6) is 0.0192.